The van der Waals surface area contributed by atoms with Crippen molar-refractivity contribution in [1.29, 1.82) is 0 Å². The molecule has 0 aliphatic heterocycles. The maximum absolute atomic E-state index is 12.9. The zero-order chi connectivity index (χ0) is 29.3. The molecule has 1 aromatic carbocycles. The Morgan fingerprint density at radius 2 is 1.75 bits per heavy atom. The molecule has 0 spiro atoms. The Hall–Kier alpha value is -3.34. The highest BCUT2D eigenvalue weighted by molar-refractivity contribution is 6.35. The number of aromatic nitrogens is 5. The van der Waals surface area contributed by atoms with E-state index in [0.29, 0.717) is 35.2 Å². The molecule has 0 unspecified atom stereocenters. The molecule has 0 aliphatic rings. The smallest absolute Gasteiger partial charge is 0.354 e. The standard InChI is InChI=1S/C28H34Cl2N6O4/c1-16-24-22(36(11-10-23(37)39-6)27(16)28(38)40-7)9-8-20(30)26(24)25-17(2)34(4)32-21(25)15-33(3)14-18-12-19(13-29)35(5)31-18/h8-9,12H,10-11,13-15H2,1-7H3. The van der Waals surface area contributed by atoms with Crippen LogP contribution in [-0.2, 0) is 53.9 Å². The molecule has 0 bridgehead atoms. The van der Waals surface area contributed by atoms with Crippen LogP contribution in [0.1, 0.15) is 45.2 Å². The summed E-state index contributed by atoms with van der Waals surface area (Å²) < 4.78 is 15.4. The summed E-state index contributed by atoms with van der Waals surface area (Å²) >= 11 is 12.9. The first kappa shape index (κ1) is 29.6. The monoisotopic (exact) mass is 588 g/mol. The number of carbonyl (C=O) groups is 2. The molecule has 3 aromatic heterocycles. The molecule has 0 atom stereocenters. The maximum atomic E-state index is 12.9. The van der Waals surface area contributed by atoms with Gasteiger partial charge in [-0.1, -0.05) is 11.6 Å². The van der Waals surface area contributed by atoms with Crippen molar-refractivity contribution in [3.8, 4) is 11.1 Å². The Bertz CT molecular complexity index is 1590. The van der Waals surface area contributed by atoms with E-state index in [2.05, 4.69) is 10.00 Å². The second kappa shape index (κ2) is 12.0. The van der Waals surface area contributed by atoms with Crippen molar-refractivity contribution in [1.82, 2.24) is 29.0 Å². The molecule has 0 amide bonds. The summed E-state index contributed by atoms with van der Waals surface area (Å²) in [6.07, 6.45) is 0.0998. The van der Waals surface area contributed by atoms with Crippen molar-refractivity contribution in [2.45, 2.75) is 45.8 Å². The zero-order valence-corrected chi connectivity index (χ0v) is 25.4. The Labute approximate surface area is 243 Å². The third-order valence-electron chi connectivity index (χ3n) is 7.24. The minimum absolute atomic E-state index is 0.0998. The molecule has 4 rings (SSSR count). The number of rotatable bonds is 10. The number of hydrogen-bond acceptors (Lipinski definition) is 7. The minimum Gasteiger partial charge on any atom is -0.469 e. The number of halogens is 2. The molecule has 10 nitrogen and oxygen atoms in total. The molecule has 0 saturated carbocycles. The van der Waals surface area contributed by atoms with E-state index in [9.17, 15) is 9.59 Å². The molecule has 3 heterocycles. The summed E-state index contributed by atoms with van der Waals surface area (Å²) in [5, 5.41) is 10.8. The highest BCUT2D eigenvalue weighted by Crippen LogP contribution is 2.42. The van der Waals surface area contributed by atoms with Crippen LogP contribution in [0, 0.1) is 13.8 Å². The lowest BCUT2D eigenvalue weighted by atomic mass is 9.96. The summed E-state index contributed by atoms with van der Waals surface area (Å²) in [6, 6.07) is 5.68. The maximum Gasteiger partial charge on any atom is 0.354 e. The molecule has 0 aliphatic carbocycles. The predicted molar refractivity (Wildman–Crippen MR) is 155 cm³/mol. The Balaban J connectivity index is 1.84. The van der Waals surface area contributed by atoms with E-state index in [0.717, 1.165) is 44.8 Å². The quantitative estimate of drug-likeness (QED) is 0.194. The van der Waals surface area contributed by atoms with Gasteiger partial charge in [-0.05, 0) is 44.7 Å². The highest BCUT2D eigenvalue weighted by Gasteiger charge is 2.28. The van der Waals surface area contributed by atoms with Crippen LogP contribution < -0.4 is 0 Å². The fraction of sp³-hybridized carbons (Fsp3) is 0.429. The lowest BCUT2D eigenvalue weighted by Crippen LogP contribution is -2.18. The molecule has 0 radical (unpaired) electrons. The van der Waals surface area contributed by atoms with Gasteiger partial charge in [-0.15, -0.1) is 11.6 Å². The summed E-state index contributed by atoms with van der Waals surface area (Å²) in [7, 11) is 8.47. The average Bonchev–Trinajstić information content (AvgIpc) is 3.52. The van der Waals surface area contributed by atoms with Gasteiger partial charge in [-0.25, -0.2) is 4.79 Å². The fourth-order valence-corrected chi connectivity index (χ4v) is 5.73. The fourth-order valence-electron chi connectivity index (χ4n) is 5.23. The van der Waals surface area contributed by atoms with Gasteiger partial charge in [0.25, 0.3) is 0 Å². The van der Waals surface area contributed by atoms with Gasteiger partial charge in [-0.2, -0.15) is 10.2 Å². The van der Waals surface area contributed by atoms with Crippen molar-refractivity contribution in [3.05, 3.63) is 57.3 Å². The third-order valence-corrected chi connectivity index (χ3v) is 7.83. The normalized spacial score (nSPS) is 11.6. The number of methoxy groups -OCH3 is 2. The van der Waals surface area contributed by atoms with Crippen LogP contribution in [0.3, 0.4) is 0 Å². The molecular weight excluding hydrogens is 555 g/mol. The van der Waals surface area contributed by atoms with Crippen LogP contribution in [0.25, 0.3) is 22.0 Å². The van der Waals surface area contributed by atoms with Crippen LogP contribution >= 0.6 is 23.2 Å². The Kier molecular flexibility index (Phi) is 8.92. The average molecular weight is 590 g/mol. The first-order valence-electron chi connectivity index (χ1n) is 12.8. The Morgan fingerprint density at radius 3 is 2.38 bits per heavy atom. The van der Waals surface area contributed by atoms with Crippen molar-refractivity contribution in [2.75, 3.05) is 21.3 Å². The second-order valence-corrected chi connectivity index (χ2v) is 10.5. The number of esters is 2. The zero-order valence-electron chi connectivity index (χ0n) is 23.8. The van der Waals surface area contributed by atoms with E-state index in [1.54, 1.807) is 9.25 Å². The topological polar surface area (TPSA) is 96.4 Å². The number of benzene rings is 1. The van der Waals surface area contributed by atoms with Gasteiger partial charge >= 0.3 is 11.9 Å². The number of ether oxygens (including phenoxy) is 2. The first-order valence-corrected chi connectivity index (χ1v) is 13.7. The molecule has 12 heteroatoms. The summed E-state index contributed by atoms with van der Waals surface area (Å²) in [4.78, 5) is 27.1. The van der Waals surface area contributed by atoms with Crippen LogP contribution in [-0.4, -0.2) is 62.2 Å². The van der Waals surface area contributed by atoms with Gasteiger partial charge in [0.1, 0.15) is 5.69 Å². The van der Waals surface area contributed by atoms with E-state index >= 15 is 0 Å². The summed E-state index contributed by atoms with van der Waals surface area (Å²) in [5.74, 6) is -0.468. The summed E-state index contributed by atoms with van der Waals surface area (Å²) in [5.41, 5.74) is 7.18. The van der Waals surface area contributed by atoms with E-state index in [1.807, 2.05) is 57.9 Å². The molecular formula is C28H34Cl2N6O4. The summed E-state index contributed by atoms with van der Waals surface area (Å²) in [6.45, 7) is 5.25. The molecule has 0 saturated heterocycles. The van der Waals surface area contributed by atoms with Gasteiger partial charge in [-0.3, -0.25) is 19.1 Å². The van der Waals surface area contributed by atoms with E-state index in [1.165, 1.54) is 14.2 Å². The van der Waals surface area contributed by atoms with Crippen molar-refractivity contribution in [2.24, 2.45) is 14.1 Å². The number of nitrogens with zero attached hydrogens (tertiary/aromatic N) is 6. The van der Waals surface area contributed by atoms with Crippen molar-refractivity contribution >= 4 is 46.0 Å². The number of fused-ring (bicyclic) bond motifs is 1. The first-order chi connectivity index (χ1) is 19.0. The number of alkyl halides is 1. The number of hydrogen-bond donors (Lipinski definition) is 0. The molecule has 214 valence electrons. The van der Waals surface area contributed by atoms with E-state index in [4.69, 9.17) is 37.8 Å². The highest BCUT2D eigenvalue weighted by atomic mass is 35.5. The van der Waals surface area contributed by atoms with Crippen LogP contribution in [0.15, 0.2) is 18.2 Å². The molecule has 4 aromatic rings. The van der Waals surface area contributed by atoms with Gasteiger partial charge in [0.05, 0.1) is 43.6 Å². The molecule has 0 N–H and O–H groups in total. The number of carbonyl (C=O) groups excluding carboxylic acids is 2. The van der Waals surface area contributed by atoms with Gasteiger partial charge in [0, 0.05) is 66.5 Å². The predicted octanol–water partition coefficient (Wildman–Crippen LogP) is 4.77. The molecule has 40 heavy (non-hydrogen) atoms. The second-order valence-electron chi connectivity index (χ2n) is 9.85. The van der Waals surface area contributed by atoms with E-state index < -0.39 is 5.97 Å². The van der Waals surface area contributed by atoms with Gasteiger partial charge < -0.3 is 14.0 Å². The minimum atomic E-state index is -0.491. The largest absolute Gasteiger partial charge is 0.469 e. The van der Waals surface area contributed by atoms with Crippen molar-refractivity contribution in [3.63, 3.8) is 0 Å². The molecule has 0 fully saturated rings. The van der Waals surface area contributed by atoms with Gasteiger partial charge in [0.2, 0.25) is 0 Å². The lowest BCUT2D eigenvalue weighted by Gasteiger charge is -2.16. The Morgan fingerprint density at radius 1 is 1.02 bits per heavy atom. The van der Waals surface area contributed by atoms with Crippen LogP contribution in [0.4, 0.5) is 0 Å². The third kappa shape index (κ3) is 5.48. The lowest BCUT2D eigenvalue weighted by molar-refractivity contribution is -0.140. The van der Waals surface area contributed by atoms with Crippen molar-refractivity contribution < 1.29 is 19.1 Å². The van der Waals surface area contributed by atoms with Gasteiger partial charge in [0.15, 0.2) is 0 Å². The SMILES string of the molecule is COC(=O)CCn1c(C(=O)OC)c(C)c2c(-c3c(CN(C)Cc4cc(CCl)n(C)n4)nn(C)c3C)c(Cl)ccc21. The number of aryl methyl sites for hydroxylation is 4. The van der Waals surface area contributed by atoms with Crippen LogP contribution in [0.2, 0.25) is 5.02 Å². The van der Waals surface area contributed by atoms with Crippen LogP contribution in [0.5, 0.6) is 0 Å². The van der Waals surface area contributed by atoms with E-state index in [-0.39, 0.29) is 18.9 Å².